The van der Waals surface area contributed by atoms with E-state index >= 15 is 0 Å². The van der Waals surface area contributed by atoms with Crippen molar-refractivity contribution in [1.82, 2.24) is 14.4 Å². The number of nitrogens with zero attached hydrogens (tertiary/aromatic N) is 3. The van der Waals surface area contributed by atoms with Crippen LogP contribution >= 0.6 is 11.6 Å². The quantitative estimate of drug-likeness (QED) is 0.547. The Kier molecular flexibility index (Phi) is 2.37. The lowest BCUT2D eigenvalue weighted by Crippen LogP contribution is -2.14. The van der Waals surface area contributed by atoms with Crippen LogP contribution in [0.5, 0.6) is 0 Å². The van der Waals surface area contributed by atoms with E-state index in [-0.39, 0.29) is 11.2 Å². The van der Waals surface area contributed by atoms with Crippen molar-refractivity contribution in [3.8, 4) is 0 Å². The van der Waals surface area contributed by atoms with Crippen LogP contribution in [0.15, 0.2) is 46.5 Å². The second kappa shape index (κ2) is 4.13. The molecule has 1 aromatic carbocycles. The third-order valence-electron chi connectivity index (χ3n) is 3.47. The van der Waals surface area contributed by atoms with Crippen molar-refractivity contribution in [1.29, 1.82) is 0 Å². The Morgan fingerprint density at radius 1 is 1.24 bits per heavy atom. The molecule has 0 aliphatic carbocycles. The van der Waals surface area contributed by atoms with E-state index in [1.54, 1.807) is 36.5 Å². The number of hydrogen-bond acceptors (Lipinski definition) is 4. The first-order valence-electron chi connectivity index (χ1n) is 6.15. The van der Waals surface area contributed by atoms with Gasteiger partial charge in [0.25, 0.3) is 5.56 Å². The molecule has 4 aromatic rings. The Balaban J connectivity index is 2.39. The number of aromatic amines is 1. The van der Waals surface area contributed by atoms with Crippen LogP contribution in [0, 0.1) is 4.91 Å². The van der Waals surface area contributed by atoms with Gasteiger partial charge < -0.3 is 4.98 Å². The molecular weight excluding hydrogens is 292 g/mol. The fourth-order valence-corrected chi connectivity index (χ4v) is 2.75. The van der Waals surface area contributed by atoms with E-state index in [1.165, 1.54) is 4.40 Å². The molecule has 0 fully saturated rings. The van der Waals surface area contributed by atoms with Gasteiger partial charge in [0.15, 0.2) is 5.69 Å². The third kappa shape index (κ3) is 1.53. The number of rotatable bonds is 1. The lowest BCUT2D eigenvalue weighted by atomic mass is 10.2. The second-order valence-corrected chi connectivity index (χ2v) is 5.05. The largest absolute Gasteiger partial charge is 0.323 e. The molecule has 0 unspecified atom stereocenters. The number of nitroso groups, excluding NO2 is 1. The van der Waals surface area contributed by atoms with Crippen molar-refractivity contribution in [2.75, 3.05) is 0 Å². The normalized spacial score (nSPS) is 11.5. The number of H-pyrrole nitrogens is 1. The highest BCUT2D eigenvalue weighted by atomic mass is 35.5. The van der Waals surface area contributed by atoms with E-state index in [0.29, 0.717) is 32.6 Å². The Morgan fingerprint density at radius 3 is 2.90 bits per heavy atom. The average molecular weight is 299 g/mol. The van der Waals surface area contributed by atoms with E-state index < -0.39 is 0 Å². The second-order valence-electron chi connectivity index (χ2n) is 4.62. The minimum absolute atomic E-state index is 0.150. The fourth-order valence-electron chi connectivity index (χ4n) is 2.58. The highest BCUT2D eigenvalue weighted by Crippen LogP contribution is 2.33. The number of fused-ring (bicyclic) bond motifs is 4. The van der Waals surface area contributed by atoms with E-state index in [1.807, 2.05) is 0 Å². The molecule has 0 bridgehead atoms. The Labute approximate surface area is 122 Å². The van der Waals surface area contributed by atoms with Gasteiger partial charge in [-0.3, -0.25) is 9.20 Å². The molecule has 0 aliphatic rings. The molecule has 4 rings (SSSR count). The summed E-state index contributed by atoms with van der Waals surface area (Å²) in [4.78, 5) is 31.0. The van der Waals surface area contributed by atoms with Crippen molar-refractivity contribution in [2.45, 2.75) is 0 Å². The molecule has 0 radical (unpaired) electrons. The molecule has 3 heterocycles. The summed E-state index contributed by atoms with van der Waals surface area (Å²) >= 11 is 5.97. The number of halogens is 1. The summed E-state index contributed by atoms with van der Waals surface area (Å²) in [6.07, 6.45) is 1.57. The maximum atomic E-state index is 12.6. The molecular formula is C14H7ClN4O2. The molecule has 0 spiro atoms. The molecule has 7 heteroatoms. The standard InChI is InChI=1S/C14H7ClN4O2/c15-7-3-4-10-9(6-7)11(18-21)13-17-12-8(2-1-5-16-12)14(20)19(10)13/h1-6H,(H,16,17). The van der Waals surface area contributed by atoms with Crippen molar-refractivity contribution >= 4 is 44.9 Å². The summed E-state index contributed by atoms with van der Waals surface area (Å²) < 4.78 is 1.42. The molecule has 0 amide bonds. The number of nitrogens with one attached hydrogen (secondary N) is 1. The van der Waals surface area contributed by atoms with Gasteiger partial charge in [0.05, 0.1) is 10.9 Å². The smallest absolute Gasteiger partial charge is 0.267 e. The van der Waals surface area contributed by atoms with E-state index in [0.717, 1.165) is 0 Å². The van der Waals surface area contributed by atoms with Gasteiger partial charge in [-0.05, 0) is 35.5 Å². The maximum absolute atomic E-state index is 12.6. The summed E-state index contributed by atoms with van der Waals surface area (Å²) in [6, 6.07) is 8.34. The molecule has 6 nitrogen and oxygen atoms in total. The number of pyridine rings is 1. The van der Waals surface area contributed by atoms with Crippen LogP contribution in [0.3, 0.4) is 0 Å². The minimum atomic E-state index is -0.255. The molecule has 21 heavy (non-hydrogen) atoms. The number of aromatic nitrogens is 3. The number of hydrogen-bond donors (Lipinski definition) is 1. The first-order valence-corrected chi connectivity index (χ1v) is 6.52. The average Bonchev–Trinajstić information content (AvgIpc) is 2.80. The van der Waals surface area contributed by atoms with E-state index in [9.17, 15) is 9.70 Å². The summed E-state index contributed by atoms with van der Waals surface area (Å²) in [7, 11) is 0. The first-order chi connectivity index (χ1) is 10.2. The fraction of sp³-hybridized carbons (Fsp3) is 0. The summed E-state index contributed by atoms with van der Waals surface area (Å²) in [5.41, 5.74) is 1.20. The Hall–Kier alpha value is -2.73. The monoisotopic (exact) mass is 298 g/mol. The van der Waals surface area contributed by atoms with Crippen LogP contribution in [-0.4, -0.2) is 14.4 Å². The molecule has 102 valence electrons. The third-order valence-corrected chi connectivity index (χ3v) is 3.71. The topological polar surface area (TPSA) is 79.6 Å². The van der Waals surface area contributed by atoms with Crippen molar-refractivity contribution < 1.29 is 0 Å². The van der Waals surface area contributed by atoms with E-state index in [2.05, 4.69) is 15.1 Å². The molecule has 0 saturated carbocycles. The van der Waals surface area contributed by atoms with Crippen LogP contribution in [0.25, 0.3) is 27.6 Å². The first kappa shape index (κ1) is 12.0. The van der Waals surface area contributed by atoms with Crippen LogP contribution in [0.2, 0.25) is 5.02 Å². The van der Waals surface area contributed by atoms with Gasteiger partial charge in [-0.2, -0.15) is 0 Å². The van der Waals surface area contributed by atoms with Gasteiger partial charge in [0.1, 0.15) is 11.3 Å². The predicted octanol–water partition coefficient (Wildman–Crippen LogP) is 3.38. The van der Waals surface area contributed by atoms with Crippen molar-refractivity contribution in [2.24, 2.45) is 5.18 Å². The van der Waals surface area contributed by atoms with Crippen LogP contribution in [0.4, 0.5) is 5.69 Å². The Bertz CT molecular complexity index is 1100. The van der Waals surface area contributed by atoms with Gasteiger partial charge >= 0.3 is 0 Å². The SMILES string of the molecule is O=Nc1c2cc(Cl)ccc2n2c(=O)c3cccnc3[nH]c12. The zero-order valence-electron chi connectivity index (χ0n) is 10.5. The maximum Gasteiger partial charge on any atom is 0.267 e. The molecule has 0 aliphatic heterocycles. The van der Waals surface area contributed by atoms with Gasteiger partial charge in [-0.15, -0.1) is 4.91 Å². The summed E-state index contributed by atoms with van der Waals surface area (Å²) in [5.74, 6) is 0. The Morgan fingerprint density at radius 2 is 2.10 bits per heavy atom. The molecule has 3 aromatic heterocycles. The molecule has 0 saturated heterocycles. The molecule has 0 atom stereocenters. The zero-order chi connectivity index (χ0) is 14.6. The van der Waals surface area contributed by atoms with Crippen molar-refractivity contribution in [3.05, 3.63) is 56.8 Å². The minimum Gasteiger partial charge on any atom is -0.323 e. The molecule has 1 N–H and O–H groups in total. The predicted molar refractivity (Wildman–Crippen MR) is 81.3 cm³/mol. The zero-order valence-corrected chi connectivity index (χ0v) is 11.3. The number of benzene rings is 1. The van der Waals surface area contributed by atoms with Crippen molar-refractivity contribution in [3.63, 3.8) is 0 Å². The lowest BCUT2D eigenvalue weighted by molar-refractivity contribution is 1.13. The summed E-state index contributed by atoms with van der Waals surface area (Å²) in [6.45, 7) is 0. The lowest BCUT2D eigenvalue weighted by Gasteiger charge is -2.00. The van der Waals surface area contributed by atoms with Gasteiger partial charge in [0.2, 0.25) is 0 Å². The van der Waals surface area contributed by atoms with Gasteiger partial charge in [-0.1, -0.05) is 11.6 Å². The summed E-state index contributed by atoms with van der Waals surface area (Å²) in [5, 5.41) is 4.49. The van der Waals surface area contributed by atoms with Gasteiger partial charge in [-0.25, -0.2) is 4.98 Å². The van der Waals surface area contributed by atoms with Crippen LogP contribution in [0.1, 0.15) is 0 Å². The highest BCUT2D eigenvalue weighted by molar-refractivity contribution is 6.31. The van der Waals surface area contributed by atoms with E-state index in [4.69, 9.17) is 11.6 Å². The van der Waals surface area contributed by atoms with Crippen LogP contribution in [-0.2, 0) is 0 Å². The van der Waals surface area contributed by atoms with Gasteiger partial charge in [0, 0.05) is 16.6 Å². The highest BCUT2D eigenvalue weighted by Gasteiger charge is 2.17. The van der Waals surface area contributed by atoms with Crippen LogP contribution < -0.4 is 5.56 Å².